The van der Waals surface area contributed by atoms with E-state index >= 15 is 0 Å². The number of amides is 2. The number of nitrogens with zero attached hydrogens (tertiary/aromatic N) is 1. The summed E-state index contributed by atoms with van der Waals surface area (Å²) in [5.41, 5.74) is 0.486. The summed E-state index contributed by atoms with van der Waals surface area (Å²) in [4.78, 5) is 38.7. The Hall–Kier alpha value is -2.22. The van der Waals surface area contributed by atoms with Crippen LogP contribution in [0.1, 0.15) is 32.4 Å². The summed E-state index contributed by atoms with van der Waals surface area (Å²) in [6.45, 7) is 7.07. The van der Waals surface area contributed by atoms with Gasteiger partial charge in [-0.15, -0.1) is 17.9 Å². The summed E-state index contributed by atoms with van der Waals surface area (Å²) in [7, 11) is 0. The van der Waals surface area contributed by atoms with Crippen molar-refractivity contribution in [2.75, 3.05) is 5.32 Å². The van der Waals surface area contributed by atoms with Crippen molar-refractivity contribution in [3.8, 4) is 0 Å². The van der Waals surface area contributed by atoms with Gasteiger partial charge in [-0.3, -0.25) is 9.59 Å². The summed E-state index contributed by atoms with van der Waals surface area (Å²) in [5, 5.41) is 16.3. The van der Waals surface area contributed by atoms with E-state index in [0.717, 1.165) is 0 Å². The van der Waals surface area contributed by atoms with E-state index in [9.17, 15) is 14.4 Å². The Bertz CT molecular complexity index is 583. The average Bonchev–Trinajstić information content (AvgIpc) is 2.89. The molecule has 0 saturated heterocycles. The number of hydrogen-bond donors (Lipinski definition) is 3. The molecule has 2 amide bonds. The van der Waals surface area contributed by atoms with Crippen molar-refractivity contribution >= 4 is 34.3 Å². The molecule has 0 aliphatic rings. The van der Waals surface area contributed by atoms with Gasteiger partial charge in [0.05, 0.1) is 12.1 Å². The molecule has 1 rings (SSSR count). The first-order chi connectivity index (χ1) is 10.8. The lowest BCUT2D eigenvalue weighted by Gasteiger charge is -2.12. The highest BCUT2D eigenvalue weighted by Crippen LogP contribution is 2.16. The maximum Gasteiger partial charge on any atom is 0.326 e. The lowest BCUT2D eigenvalue weighted by Crippen LogP contribution is -2.41. The highest BCUT2D eigenvalue weighted by Gasteiger charge is 2.20. The second-order valence-electron chi connectivity index (χ2n) is 5.29. The number of anilines is 1. The molecule has 1 aromatic heterocycles. The van der Waals surface area contributed by atoms with E-state index in [2.05, 4.69) is 22.2 Å². The zero-order chi connectivity index (χ0) is 17.4. The van der Waals surface area contributed by atoms with E-state index in [1.165, 1.54) is 11.3 Å². The topological polar surface area (TPSA) is 108 Å². The number of thiazole rings is 1. The highest BCUT2D eigenvalue weighted by atomic mass is 32.1. The van der Waals surface area contributed by atoms with Gasteiger partial charge in [-0.25, -0.2) is 9.78 Å². The fraction of sp³-hybridized carbons (Fsp3) is 0.467. The molecule has 0 fully saturated rings. The number of carbonyl (C=O) groups is 3. The minimum Gasteiger partial charge on any atom is -0.480 e. The van der Waals surface area contributed by atoms with E-state index in [1.54, 1.807) is 25.3 Å². The van der Waals surface area contributed by atoms with E-state index in [-0.39, 0.29) is 24.7 Å². The first kappa shape index (κ1) is 18.8. The molecule has 1 aromatic rings. The van der Waals surface area contributed by atoms with E-state index in [4.69, 9.17) is 5.11 Å². The van der Waals surface area contributed by atoms with Crippen molar-refractivity contribution in [1.29, 1.82) is 0 Å². The van der Waals surface area contributed by atoms with E-state index in [1.807, 2.05) is 0 Å². The molecule has 7 nitrogen and oxygen atoms in total. The Kier molecular flexibility index (Phi) is 7.40. The minimum absolute atomic E-state index is 0.0358. The molecule has 126 valence electrons. The van der Waals surface area contributed by atoms with E-state index in [0.29, 0.717) is 17.2 Å². The number of aromatic nitrogens is 1. The van der Waals surface area contributed by atoms with Crippen LogP contribution in [-0.4, -0.2) is 33.9 Å². The number of carboxylic acids is 1. The number of nitrogens with one attached hydrogen (secondary N) is 2. The van der Waals surface area contributed by atoms with Gasteiger partial charge in [0.25, 0.3) is 0 Å². The van der Waals surface area contributed by atoms with Crippen molar-refractivity contribution < 1.29 is 19.5 Å². The predicted octanol–water partition coefficient (Wildman–Crippen LogP) is 1.82. The van der Waals surface area contributed by atoms with Gasteiger partial charge in [-0.05, 0) is 12.8 Å². The summed E-state index contributed by atoms with van der Waals surface area (Å²) in [6.07, 6.45) is 2.36. The van der Waals surface area contributed by atoms with Crippen molar-refractivity contribution in [2.45, 2.75) is 39.2 Å². The fourth-order valence-corrected chi connectivity index (χ4v) is 2.36. The fourth-order valence-electron chi connectivity index (χ4n) is 1.65. The molecule has 1 atom stereocenters. The van der Waals surface area contributed by atoms with Crippen LogP contribution in [0.4, 0.5) is 5.13 Å². The molecule has 1 unspecified atom stereocenters. The summed E-state index contributed by atoms with van der Waals surface area (Å²) >= 11 is 1.22. The van der Waals surface area contributed by atoms with Gasteiger partial charge in [0.15, 0.2) is 5.13 Å². The number of rotatable bonds is 9. The van der Waals surface area contributed by atoms with Crippen LogP contribution in [0.3, 0.4) is 0 Å². The second kappa shape index (κ2) is 9.04. The van der Waals surface area contributed by atoms with Gasteiger partial charge in [0.1, 0.15) is 6.04 Å². The molecule has 0 saturated carbocycles. The third kappa shape index (κ3) is 6.60. The van der Waals surface area contributed by atoms with Crippen LogP contribution in [0.5, 0.6) is 0 Å². The van der Waals surface area contributed by atoms with Crippen molar-refractivity contribution in [2.24, 2.45) is 5.92 Å². The first-order valence-electron chi connectivity index (χ1n) is 7.21. The molecule has 0 spiro atoms. The smallest absolute Gasteiger partial charge is 0.326 e. The summed E-state index contributed by atoms with van der Waals surface area (Å²) in [6, 6.07) is -0.945. The third-order valence-corrected chi connectivity index (χ3v) is 3.75. The SMILES string of the molecule is C=CCCC(NC(=O)Cc1csc(NC(=O)C(C)C)n1)C(=O)O. The first-order valence-corrected chi connectivity index (χ1v) is 8.09. The largest absolute Gasteiger partial charge is 0.480 e. The molecule has 0 aromatic carbocycles. The van der Waals surface area contributed by atoms with Crippen molar-refractivity contribution in [1.82, 2.24) is 10.3 Å². The van der Waals surface area contributed by atoms with Crippen LogP contribution in [0.15, 0.2) is 18.0 Å². The Labute approximate surface area is 138 Å². The lowest BCUT2D eigenvalue weighted by molar-refractivity contribution is -0.141. The molecule has 0 radical (unpaired) electrons. The normalized spacial score (nSPS) is 11.8. The Morgan fingerprint density at radius 3 is 2.70 bits per heavy atom. The molecule has 1 heterocycles. The average molecular weight is 339 g/mol. The van der Waals surface area contributed by atoms with Gasteiger partial charge in [-0.2, -0.15) is 0 Å². The van der Waals surface area contributed by atoms with Crippen LogP contribution in [-0.2, 0) is 20.8 Å². The number of carboxylic acid groups (broad SMARTS) is 1. The maximum absolute atomic E-state index is 11.9. The van der Waals surface area contributed by atoms with Crippen LogP contribution >= 0.6 is 11.3 Å². The van der Waals surface area contributed by atoms with Gasteiger partial charge in [0, 0.05) is 11.3 Å². The predicted molar refractivity (Wildman–Crippen MR) is 88.3 cm³/mol. The molecule has 3 N–H and O–H groups in total. The Morgan fingerprint density at radius 2 is 2.13 bits per heavy atom. The molecular weight excluding hydrogens is 318 g/mol. The summed E-state index contributed by atoms with van der Waals surface area (Å²) < 4.78 is 0. The van der Waals surface area contributed by atoms with Gasteiger partial charge in [0.2, 0.25) is 11.8 Å². The number of hydrogen-bond acceptors (Lipinski definition) is 5. The highest BCUT2D eigenvalue weighted by molar-refractivity contribution is 7.13. The zero-order valence-corrected chi connectivity index (χ0v) is 14.0. The minimum atomic E-state index is -1.08. The number of carbonyl (C=O) groups excluding carboxylic acids is 2. The Morgan fingerprint density at radius 1 is 1.43 bits per heavy atom. The number of aliphatic carboxylic acids is 1. The molecular formula is C15H21N3O4S. The zero-order valence-electron chi connectivity index (χ0n) is 13.2. The number of allylic oxidation sites excluding steroid dienone is 1. The van der Waals surface area contributed by atoms with Gasteiger partial charge < -0.3 is 15.7 Å². The third-order valence-electron chi connectivity index (χ3n) is 2.94. The molecule has 0 aliphatic carbocycles. The molecule has 8 heteroatoms. The van der Waals surface area contributed by atoms with Crippen LogP contribution < -0.4 is 10.6 Å². The molecule has 23 heavy (non-hydrogen) atoms. The van der Waals surface area contributed by atoms with Crippen molar-refractivity contribution in [3.05, 3.63) is 23.7 Å². The quantitative estimate of drug-likeness (QED) is 0.595. The van der Waals surface area contributed by atoms with E-state index < -0.39 is 17.9 Å². The van der Waals surface area contributed by atoms with Crippen LogP contribution in [0, 0.1) is 5.92 Å². The lowest BCUT2D eigenvalue weighted by atomic mass is 10.1. The monoisotopic (exact) mass is 339 g/mol. The van der Waals surface area contributed by atoms with Crippen LogP contribution in [0.25, 0.3) is 0 Å². The Balaban J connectivity index is 2.56. The van der Waals surface area contributed by atoms with Gasteiger partial charge in [-0.1, -0.05) is 19.9 Å². The summed E-state index contributed by atoms with van der Waals surface area (Å²) in [5.74, 6) is -1.81. The van der Waals surface area contributed by atoms with Crippen molar-refractivity contribution in [3.63, 3.8) is 0 Å². The molecule has 0 aliphatic heterocycles. The second-order valence-corrected chi connectivity index (χ2v) is 6.15. The standard InChI is InChI=1S/C15H21N3O4S/c1-4-5-6-11(14(21)22)17-12(19)7-10-8-23-15(16-10)18-13(20)9(2)3/h4,8-9,11H,1,5-7H2,2-3H3,(H,17,19)(H,21,22)(H,16,18,20). The molecule has 0 bridgehead atoms. The van der Waals surface area contributed by atoms with Crippen LogP contribution in [0.2, 0.25) is 0 Å². The maximum atomic E-state index is 11.9. The van der Waals surface area contributed by atoms with Gasteiger partial charge >= 0.3 is 5.97 Å².